The molecule has 5 nitrogen and oxygen atoms in total. The van der Waals surface area contributed by atoms with Crippen LogP contribution in [-0.4, -0.2) is 36.2 Å². The van der Waals surface area contributed by atoms with Gasteiger partial charge in [0.1, 0.15) is 0 Å². The molecular weight excluding hydrogens is 234 g/mol. The summed E-state index contributed by atoms with van der Waals surface area (Å²) in [5.41, 5.74) is -1.55. The lowest BCUT2D eigenvalue weighted by atomic mass is 9.76. The monoisotopic (exact) mass is 259 g/mol. The van der Waals surface area contributed by atoms with Crippen molar-refractivity contribution in [2.24, 2.45) is 11.3 Å². The van der Waals surface area contributed by atoms with Crippen LogP contribution in [0.4, 0.5) is 0 Å². The number of hydrogen-bond donors (Lipinski definition) is 2. The Morgan fingerprint density at radius 1 is 1.28 bits per heavy atom. The number of methoxy groups -OCH3 is 1. The molecular formula is C13H25NO4. The quantitative estimate of drug-likeness (QED) is 0.729. The molecule has 0 aliphatic carbocycles. The van der Waals surface area contributed by atoms with Crippen molar-refractivity contribution in [2.75, 3.05) is 13.7 Å². The minimum atomic E-state index is -1.05. The summed E-state index contributed by atoms with van der Waals surface area (Å²) in [7, 11) is 1.56. The van der Waals surface area contributed by atoms with Crippen LogP contribution in [0.5, 0.6) is 0 Å². The number of nitrogens with one attached hydrogen (secondary N) is 1. The number of rotatable bonds is 7. The highest BCUT2D eigenvalue weighted by atomic mass is 16.5. The first-order valence-electron chi connectivity index (χ1n) is 6.08. The second kappa shape index (κ2) is 6.18. The number of hydrogen-bond acceptors (Lipinski definition) is 3. The van der Waals surface area contributed by atoms with Gasteiger partial charge in [-0.15, -0.1) is 0 Å². The van der Waals surface area contributed by atoms with Gasteiger partial charge in [-0.2, -0.15) is 0 Å². The third kappa shape index (κ3) is 4.64. The van der Waals surface area contributed by atoms with Crippen LogP contribution in [0.15, 0.2) is 0 Å². The normalized spacial score (nSPS) is 15.3. The van der Waals surface area contributed by atoms with Crippen molar-refractivity contribution < 1.29 is 19.4 Å². The molecule has 0 aliphatic heterocycles. The van der Waals surface area contributed by atoms with Crippen molar-refractivity contribution in [2.45, 2.75) is 46.6 Å². The zero-order valence-corrected chi connectivity index (χ0v) is 12.2. The first-order chi connectivity index (χ1) is 8.05. The fourth-order valence-electron chi connectivity index (χ4n) is 1.68. The largest absolute Gasteiger partial charge is 0.481 e. The van der Waals surface area contributed by atoms with E-state index in [2.05, 4.69) is 5.32 Å². The molecule has 1 unspecified atom stereocenters. The molecule has 0 saturated carbocycles. The maximum Gasteiger partial charge on any atom is 0.310 e. The van der Waals surface area contributed by atoms with Gasteiger partial charge in [0.05, 0.1) is 17.6 Å². The molecule has 106 valence electrons. The van der Waals surface area contributed by atoms with Gasteiger partial charge in [0.25, 0.3) is 0 Å². The van der Waals surface area contributed by atoms with E-state index >= 15 is 0 Å². The van der Waals surface area contributed by atoms with Gasteiger partial charge in [-0.1, -0.05) is 13.8 Å². The molecule has 0 spiro atoms. The number of carbonyl (C=O) groups is 2. The van der Waals surface area contributed by atoms with Crippen LogP contribution < -0.4 is 5.32 Å². The van der Waals surface area contributed by atoms with Gasteiger partial charge in [-0.3, -0.25) is 9.59 Å². The summed E-state index contributed by atoms with van der Waals surface area (Å²) in [6.07, 6.45) is -0.0346. The second-order valence-corrected chi connectivity index (χ2v) is 5.92. The molecule has 0 aromatic rings. The topological polar surface area (TPSA) is 75.6 Å². The van der Waals surface area contributed by atoms with E-state index in [9.17, 15) is 14.7 Å². The van der Waals surface area contributed by atoms with Crippen molar-refractivity contribution in [1.82, 2.24) is 5.32 Å². The van der Waals surface area contributed by atoms with Gasteiger partial charge in [-0.05, 0) is 26.7 Å². The van der Waals surface area contributed by atoms with Crippen LogP contribution in [0.25, 0.3) is 0 Å². The molecule has 0 bridgehead atoms. The lowest BCUT2D eigenvalue weighted by Gasteiger charge is -2.31. The predicted octanol–water partition coefficient (Wildman–Crippen LogP) is 1.66. The number of amides is 1. The first kappa shape index (κ1) is 16.9. The number of carboxylic acid groups (broad SMARTS) is 1. The molecule has 0 aromatic carbocycles. The minimum Gasteiger partial charge on any atom is -0.481 e. The van der Waals surface area contributed by atoms with E-state index in [1.807, 2.05) is 27.7 Å². The fraction of sp³-hybridized carbons (Fsp3) is 0.846. The van der Waals surface area contributed by atoms with Crippen LogP contribution in [0.2, 0.25) is 0 Å². The van der Waals surface area contributed by atoms with E-state index in [1.54, 1.807) is 14.0 Å². The van der Waals surface area contributed by atoms with E-state index < -0.39 is 16.9 Å². The molecule has 0 aliphatic rings. The third-order valence-electron chi connectivity index (χ3n) is 3.27. The van der Waals surface area contributed by atoms with Crippen LogP contribution in [0, 0.1) is 11.3 Å². The van der Waals surface area contributed by atoms with Crippen LogP contribution in [0.1, 0.15) is 41.0 Å². The number of carbonyl (C=O) groups excluding carboxylic acids is 1. The van der Waals surface area contributed by atoms with Gasteiger partial charge in [0.15, 0.2) is 0 Å². The Labute approximate surface area is 109 Å². The Kier molecular flexibility index (Phi) is 5.80. The standard InChI is InChI=1S/C13H25NO4/c1-9(2)13(5,11(16)17)7-10(15)14-12(3,4)8-18-6/h9H,7-8H2,1-6H3,(H,14,15)(H,16,17). The Morgan fingerprint density at radius 2 is 1.78 bits per heavy atom. The van der Waals surface area contributed by atoms with E-state index in [1.165, 1.54) is 0 Å². The molecule has 5 heteroatoms. The summed E-state index contributed by atoms with van der Waals surface area (Å²) in [5.74, 6) is -1.33. The summed E-state index contributed by atoms with van der Waals surface area (Å²) >= 11 is 0. The molecule has 0 radical (unpaired) electrons. The van der Waals surface area contributed by atoms with Gasteiger partial charge in [0, 0.05) is 13.5 Å². The molecule has 0 heterocycles. The summed E-state index contributed by atoms with van der Waals surface area (Å²) in [5, 5.41) is 12.0. The second-order valence-electron chi connectivity index (χ2n) is 5.92. The van der Waals surface area contributed by atoms with Crippen molar-refractivity contribution in [3.63, 3.8) is 0 Å². The van der Waals surface area contributed by atoms with Crippen LogP contribution in [-0.2, 0) is 14.3 Å². The number of ether oxygens (including phenoxy) is 1. The van der Waals surface area contributed by atoms with Crippen molar-refractivity contribution in [1.29, 1.82) is 0 Å². The van der Waals surface area contributed by atoms with Gasteiger partial charge in [-0.25, -0.2) is 0 Å². The SMILES string of the molecule is COCC(C)(C)NC(=O)CC(C)(C(=O)O)C(C)C. The molecule has 2 N–H and O–H groups in total. The molecule has 0 aromatic heterocycles. The molecule has 0 rings (SSSR count). The van der Waals surface area contributed by atoms with Crippen LogP contribution >= 0.6 is 0 Å². The molecule has 1 atom stereocenters. The average molecular weight is 259 g/mol. The van der Waals surface area contributed by atoms with E-state index in [0.717, 1.165) is 0 Å². The molecule has 0 saturated heterocycles. The Hall–Kier alpha value is -1.10. The van der Waals surface area contributed by atoms with Crippen molar-refractivity contribution in [3.8, 4) is 0 Å². The zero-order valence-electron chi connectivity index (χ0n) is 12.2. The van der Waals surface area contributed by atoms with Crippen LogP contribution in [0.3, 0.4) is 0 Å². The molecule has 0 fully saturated rings. The average Bonchev–Trinajstić information content (AvgIpc) is 2.14. The van der Waals surface area contributed by atoms with Gasteiger partial charge in [0.2, 0.25) is 5.91 Å². The van der Waals surface area contributed by atoms with Crippen molar-refractivity contribution in [3.05, 3.63) is 0 Å². The van der Waals surface area contributed by atoms with Gasteiger partial charge < -0.3 is 15.2 Å². The maximum absolute atomic E-state index is 11.9. The van der Waals surface area contributed by atoms with Gasteiger partial charge >= 0.3 is 5.97 Å². The first-order valence-corrected chi connectivity index (χ1v) is 6.08. The summed E-state index contributed by atoms with van der Waals surface area (Å²) in [6, 6.07) is 0. The molecule has 18 heavy (non-hydrogen) atoms. The Balaban J connectivity index is 4.69. The lowest BCUT2D eigenvalue weighted by Crippen LogP contribution is -2.49. The minimum absolute atomic E-state index is 0.0346. The Morgan fingerprint density at radius 3 is 2.11 bits per heavy atom. The lowest BCUT2D eigenvalue weighted by molar-refractivity contribution is -0.154. The fourth-order valence-corrected chi connectivity index (χ4v) is 1.68. The Bertz CT molecular complexity index is 312. The van der Waals surface area contributed by atoms with E-state index in [-0.39, 0.29) is 18.2 Å². The predicted molar refractivity (Wildman–Crippen MR) is 69.3 cm³/mol. The smallest absolute Gasteiger partial charge is 0.310 e. The molecule has 1 amide bonds. The highest BCUT2D eigenvalue weighted by molar-refractivity contribution is 5.85. The highest BCUT2D eigenvalue weighted by Crippen LogP contribution is 2.31. The summed E-state index contributed by atoms with van der Waals surface area (Å²) < 4.78 is 5.00. The summed E-state index contributed by atoms with van der Waals surface area (Å²) in [4.78, 5) is 23.2. The van der Waals surface area contributed by atoms with Crippen molar-refractivity contribution >= 4 is 11.9 Å². The zero-order chi connectivity index (χ0) is 14.6. The number of aliphatic carboxylic acids is 1. The summed E-state index contributed by atoms with van der Waals surface area (Å²) in [6.45, 7) is 9.26. The number of carboxylic acids is 1. The third-order valence-corrected chi connectivity index (χ3v) is 3.27. The highest BCUT2D eigenvalue weighted by Gasteiger charge is 2.39. The van der Waals surface area contributed by atoms with E-state index in [0.29, 0.717) is 6.61 Å². The maximum atomic E-state index is 11.9. The van der Waals surface area contributed by atoms with E-state index in [4.69, 9.17) is 4.74 Å².